The van der Waals surface area contributed by atoms with Crippen LogP contribution in [-0.2, 0) is 15.3 Å². The Bertz CT molecular complexity index is 914. The third kappa shape index (κ3) is 6.40. The van der Waals surface area contributed by atoms with Crippen molar-refractivity contribution in [1.82, 2.24) is 0 Å². The normalized spacial score (nSPS) is 14.5. The van der Waals surface area contributed by atoms with Gasteiger partial charge in [0.2, 0.25) is 0 Å². The third-order valence-electron chi connectivity index (χ3n) is 5.69. The first-order valence-electron chi connectivity index (χ1n) is 11.1. The van der Waals surface area contributed by atoms with Crippen molar-refractivity contribution in [2.24, 2.45) is 4.99 Å². The Morgan fingerprint density at radius 3 is 2.35 bits per heavy atom. The Labute approximate surface area is 191 Å². The molecular weight excluding hydrogens is 401 g/mol. The molecule has 0 fully saturated rings. The molecular formula is C27H40NO2P. The molecule has 0 aliphatic carbocycles. The van der Waals surface area contributed by atoms with Gasteiger partial charge in [0.25, 0.3) is 0 Å². The van der Waals surface area contributed by atoms with Gasteiger partial charge in [-0.15, -0.1) is 0 Å². The highest BCUT2D eigenvalue weighted by Crippen LogP contribution is 2.50. The summed E-state index contributed by atoms with van der Waals surface area (Å²) in [6.45, 7) is 16.0. The van der Waals surface area contributed by atoms with Gasteiger partial charge in [-0.25, -0.2) is 0 Å². The van der Waals surface area contributed by atoms with E-state index in [2.05, 4.69) is 83.8 Å². The number of aryl methyl sites for hydroxylation is 2. The minimum Gasteiger partial charge on any atom is -0.467 e. The zero-order valence-corrected chi connectivity index (χ0v) is 21.8. The highest BCUT2D eigenvalue weighted by atomic mass is 31.1. The molecule has 0 radical (unpaired) electrons. The summed E-state index contributed by atoms with van der Waals surface area (Å²) in [4.78, 5) is 4.31. The highest BCUT2D eigenvalue weighted by molar-refractivity contribution is 7.48. The number of ether oxygens (including phenoxy) is 2. The van der Waals surface area contributed by atoms with Crippen LogP contribution in [0.25, 0.3) is 0 Å². The monoisotopic (exact) mass is 441 g/mol. The molecule has 0 aliphatic rings. The highest BCUT2D eigenvalue weighted by Gasteiger charge is 2.33. The molecule has 0 saturated carbocycles. The summed E-state index contributed by atoms with van der Waals surface area (Å²) in [5, 5.41) is 1.30. The smallest absolute Gasteiger partial charge is 0.188 e. The number of methoxy groups -OCH3 is 1. The van der Waals surface area contributed by atoms with Gasteiger partial charge in [0.05, 0.1) is 0 Å². The lowest BCUT2D eigenvalue weighted by Crippen LogP contribution is -2.24. The molecule has 0 aliphatic heterocycles. The van der Waals surface area contributed by atoms with Gasteiger partial charge in [-0.3, -0.25) is 4.99 Å². The molecule has 2 aromatic rings. The average molecular weight is 442 g/mol. The summed E-state index contributed by atoms with van der Waals surface area (Å²) in [6, 6.07) is 11.4. The van der Waals surface area contributed by atoms with E-state index in [-0.39, 0.29) is 17.4 Å². The minimum absolute atomic E-state index is 0.0462. The Morgan fingerprint density at radius 1 is 1.06 bits per heavy atom. The van der Waals surface area contributed by atoms with Crippen LogP contribution < -0.4 is 10.0 Å². The van der Waals surface area contributed by atoms with Gasteiger partial charge in [-0.05, 0) is 53.7 Å². The molecule has 2 atom stereocenters. The number of aliphatic imine (C=N–C) groups is 1. The number of hydrogen-bond donors (Lipinski definition) is 0. The molecule has 31 heavy (non-hydrogen) atoms. The Morgan fingerprint density at radius 2 is 1.77 bits per heavy atom. The van der Waals surface area contributed by atoms with E-state index < -0.39 is 0 Å². The van der Waals surface area contributed by atoms with Crippen molar-refractivity contribution >= 4 is 20.1 Å². The van der Waals surface area contributed by atoms with Crippen molar-refractivity contribution < 1.29 is 9.47 Å². The van der Waals surface area contributed by atoms with E-state index in [1.165, 1.54) is 33.1 Å². The number of hydrogen-bond acceptors (Lipinski definition) is 3. The number of benzene rings is 2. The maximum absolute atomic E-state index is 6.17. The average Bonchev–Trinajstić information content (AvgIpc) is 2.68. The van der Waals surface area contributed by atoms with Crippen LogP contribution in [0.1, 0.15) is 75.3 Å². The molecule has 0 aromatic heterocycles. The van der Waals surface area contributed by atoms with Gasteiger partial charge in [0, 0.05) is 31.1 Å². The zero-order chi connectivity index (χ0) is 23.2. The lowest BCUT2D eigenvalue weighted by atomic mass is 9.82. The molecule has 0 N–H and O–H groups in total. The second-order valence-electron chi connectivity index (χ2n) is 9.66. The van der Waals surface area contributed by atoms with E-state index in [4.69, 9.17) is 9.47 Å². The van der Waals surface area contributed by atoms with Crippen LogP contribution >= 0.6 is 8.58 Å². The fourth-order valence-corrected chi connectivity index (χ4v) is 5.77. The van der Waals surface area contributed by atoms with Gasteiger partial charge in [0.15, 0.2) is 6.79 Å². The quantitative estimate of drug-likeness (QED) is 0.248. The predicted molar refractivity (Wildman–Crippen MR) is 137 cm³/mol. The Kier molecular flexibility index (Phi) is 8.86. The minimum atomic E-state index is -0.0462. The van der Waals surface area contributed by atoms with Crippen LogP contribution in [0.4, 0.5) is 0 Å². The lowest BCUT2D eigenvalue weighted by Gasteiger charge is -2.35. The standard InChI is InChI=1S/C27H40NO2P/c1-10-13-27(7,31-24-12-11-19(2)14-21(24)17-28-8)23-16-22(26(4,5)6)15-20(3)25(23)30-18-29-9/h11-12,14-17,31H,10,13,18H2,1-9H3/b28-17+. The molecule has 0 bridgehead atoms. The Balaban J connectivity index is 2.70. The third-order valence-corrected chi connectivity index (χ3v) is 7.49. The molecule has 170 valence electrons. The van der Waals surface area contributed by atoms with Gasteiger partial charge in [-0.1, -0.05) is 79.4 Å². The molecule has 0 saturated heterocycles. The van der Waals surface area contributed by atoms with E-state index in [0.29, 0.717) is 8.58 Å². The molecule has 2 rings (SSSR count). The largest absolute Gasteiger partial charge is 0.467 e. The van der Waals surface area contributed by atoms with E-state index in [0.717, 1.165) is 18.6 Å². The summed E-state index contributed by atoms with van der Waals surface area (Å²) in [6.07, 6.45) is 4.17. The van der Waals surface area contributed by atoms with Crippen molar-refractivity contribution in [3.63, 3.8) is 0 Å². The van der Waals surface area contributed by atoms with Crippen molar-refractivity contribution in [1.29, 1.82) is 0 Å². The number of nitrogens with zero attached hydrogens (tertiary/aromatic N) is 1. The van der Waals surface area contributed by atoms with Gasteiger partial charge >= 0.3 is 0 Å². The zero-order valence-electron chi connectivity index (χ0n) is 20.8. The van der Waals surface area contributed by atoms with Crippen molar-refractivity contribution in [3.8, 4) is 5.75 Å². The van der Waals surface area contributed by atoms with Crippen molar-refractivity contribution in [2.45, 2.75) is 71.9 Å². The first-order valence-corrected chi connectivity index (χ1v) is 12.1. The summed E-state index contributed by atoms with van der Waals surface area (Å²) in [5.74, 6) is 0.969. The SMILES string of the molecule is CCCC(C)(Pc1ccc(C)cc1/C=N/C)c1cc(C(C)(C)C)cc(C)c1OCOC. The second kappa shape index (κ2) is 10.7. The molecule has 4 heteroatoms. The molecule has 3 nitrogen and oxygen atoms in total. The molecule has 0 heterocycles. The van der Waals surface area contributed by atoms with Gasteiger partial charge in [-0.2, -0.15) is 0 Å². The van der Waals surface area contributed by atoms with E-state index in [1.54, 1.807) is 7.11 Å². The van der Waals surface area contributed by atoms with Crippen molar-refractivity contribution in [2.75, 3.05) is 21.0 Å². The number of rotatable bonds is 9. The molecule has 2 unspecified atom stereocenters. The van der Waals surface area contributed by atoms with E-state index in [9.17, 15) is 0 Å². The first-order chi connectivity index (χ1) is 14.6. The van der Waals surface area contributed by atoms with Crippen molar-refractivity contribution in [3.05, 3.63) is 58.1 Å². The van der Waals surface area contributed by atoms with Crippen LogP contribution in [0.3, 0.4) is 0 Å². The molecule has 0 spiro atoms. The summed E-state index contributed by atoms with van der Waals surface area (Å²) in [5.41, 5.74) is 6.34. The molecule has 0 amide bonds. The maximum Gasteiger partial charge on any atom is 0.188 e. The first kappa shape index (κ1) is 25.6. The van der Waals surface area contributed by atoms with E-state index in [1.807, 2.05) is 13.3 Å². The van der Waals surface area contributed by atoms with Crippen LogP contribution in [0.15, 0.2) is 35.3 Å². The fourth-order valence-electron chi connectivity index (χ4n) is 4.03. The van der Waals surface area contributed by atoms with Crippen LogP contribution in [0, 0.1) is 13.8 Å². The summed E-state index contributed by atoms with van der Waals surface area (Å²) < 4.78 is 11.4. The van der Waals surface area contributed by atoms with Gasteiger partial charge < -0.3 is 9.47 Å². The van der Waals surface area contributed by atoms with Crippen LogP contribution in [0.5, 0.6) is 5.75 Å². The summed E-state index contributed by atoms with van der Waals surface area (Å²) in [7, 11) is 4.12. The maximum atomic E-state index is 6.17. The Hall–Kier alpha value is -1.70. The fraction of sp³-hybridized carbons (Fsp3) is 0.519. The lowest BCUT2D eigenvalue weighted by molar-refractivity contribution is 0.0495. The van der Waals surface area contributed by atoms with Crippen LogP contribution in [-0.4, -0.2) is 27.2 Å². The van der Waals surface area contributed by atoms with Gasteiger partial charge in [0.1, 0.15) is 5.75 Å². The second-order valence-corrected chi connectivity index (χ2v) is 11.5. The summed E-state index contributed by atoms with van der Waals surface area (Å²) >= 11 is 0. The van der Waals surface area contributed by atoms with E-state index >= 15 is 0 Å². The topological polar surface area (TPSA) is 30.8 Å². The predicted octanol–water partition coefficient (Wildman–Crippen LogP) is 6.65. The van der Waals surface area contributed by atoms with Crippen LogP contribution in [0.2, 0.25) is 0 Å². The molecule has 2 aromatic carbocycles.